The summed E-state index contributed by atoms with van der Waals surface area (Å²) in [5.41, 5.74) is 0.481. The second kappa shape index (κ2) is 7.12. The Morgan fingerprint density at radius 3 is 2.28 bits per heavy atom. The molecule has 0 aliphatic carbocycles. The molecule has 0 saturated carbocycles. The first kappa shape index (κ1) is 17.2. The fraction of sp³-hybridized carbons (Fsp3) is 0. The van der Waals surface area contributed by atoms with Gasteiger partial charge in [-0.15, -0.1) is 0 Å². The van der Waals surface area contributed by atoms with Gasteiger partial charge in [-0.2, -0.15) is 8.42 Å². The standard InChI is InChI=1S/C17H12BrNO5S/c18-12-3-9-15(10-4-12)25(21,22)24-14-7-5-13(6-8-14)19-17(20)16-2-1-11-23-16/h1-11H,(H,19,20). The van der Waals surface area contributed by atoms with E-state index in [1.807, 2.05) is 0 Å². The van der Waals surface area contributed by atoms with Crippen LogP contribution in [0.1, 0.15) is 10.6 Å². The lowest BCUT2D eigenvalue weighted by molar-refractivity contribution is 0.0996. The number of nitrogens with one attached hydrogen (secondary N) is 1. The summed E-state index contributed by atoms with van der Waals surface area (Å²) in [6, 6.07) is 15.2. The van der Waals surface area contributed by atoms with Gasteiger partial charge in [-0.25, -0.2) is 0 Å². The van der Waals surface area contributed by atoms with Gasteiger partial charge in [0.2, 0.25) is 0 Å². The van der Waals surface area contributed by atoms with Gasteiger partial charge in [0, 0.05) is 10.2 Å². The monoisotopic (exact) mass is 421 g/mol. The molecule has 0 unspecified atom stereocenters. The molecule has 0 aliphatic heterocycles. The van der Waals surface area contributed by atoms with Crippen LogP contribution in [0.25, 0.3) is 0 Å². The summed E-state index contributed by atoms with van der Waals surface area (Å²) >= 11 is 3.24. The van der Waals surface area contributed by atoms with Crippen molar-refractivity contribution in [2.75, 3.05) is 5.32 Å². The Kier molecular flexibility index (Phi) is 4.91. The smallest absolute Gasteiger partial charge is 0.339 e. The average molecular weight is 422 g/mol. The quantitative estimate of drug-likeness (QED) is 0.627. The molecule has 3 aromatic rings. The van der Waals surface area contributed by atoms with Gasteiger partial charge in [0.05, 0.1) is 6.26 Å². The van der Waals surface area contributed by atoms with Gasteiger partial charge >= 0.3 is 10.1 Å². The number of halogens is 1. The molecule has 0 aliphatic rings. The molecule has 2 aromatic carbocycles. The van der Waals surface area contributed by atoms with Crippen molar-refractivity contribution in [3.8, 4) is 5.75 Å². The van der Waals surface area contributed by atoms with Gasteiger partial charge in [-0.3, -0.25) is 4.79 Å². The first-order chi connectivity index (χ1) is 11.9. The van der Waals surface area contributed by atoms with Crippen molar-refractivity contribution in [3.05, 3.63) is 77.2 Å². The SMILES string of the molecule is O=C(Nc1ccc(OS(=O)(=O)c2ccc(Br)cc2)cc1)c1ccco1. The van der Waals surface area contributed by atoms with Gasteiger partial charge in [0.25, 0.3) is 5.91 Å². The molecule has 1 aromatic heterocycles. The van der Waals surface area contributed by atoms with Gasteiger partial charge in [-0.05, 0) is 60.7 Å². The highest BCUT2D eigenvalue weighted by Crippen LogP contribution is 2.22. The Hall–Kier alpha value is -2.58. The number of rotatable bonds is 5. The van der Waals surface area contributed by atoms with Gasteiger partial charge in [0.15, 0.2) is 5.76 Å². The molecule has 0 saturated heterocycles. The number of hydrogen-bond donors (Lipinski definition) is 1. The third-order valence-electron chi connectivity index (χ3n) is 3.17. The molecule has 8 heteroatoms. The zero-order valence-electron chi connectivity index (χ0n) is 12.7. The van der Waals surface area contributed by atoms with Crippen LogP contribution in [0.3, 0.4) is 0 Å². The van der Waals surface area contributed by atoms with E-state index in [4.69, 9.17) is 8.60 Å². The van der Waals surface area contributed by atoms with Crippen molar-refractivity contribution >= 4 is 37.6 Å². The topological polar surface area (TPSA) is 85.6 Å². The molecule has 0 radical (unpaired) electrons. The lowest BCUT2D eigenvalue weighted by Crippen LogP contribution is -2.11. The molecule has 128 valence electrons. The van der Waals surface area contributed by atoms with Crippen LogP contribution >= 0.6 is 15.9 Å². The molecule has 1 amide bonds. The fourth-order valence-corrected chi connectivity index (χ4v) is 3.16. The Balaban J connectivity index is 1.70. The largest absolute Gasteiger partial charge is 0.459 e. The van der Waals surface area contributed by atoms with E-state index in [2.05, 4.69) is 21.2 Å². The minimum Gasteiger partial charge on any atom is -0.459 e. The average Bonchev–Trinajstić information content (AvgIpc) is 3.11. The lowest BCUT2D eigenvalue weighted by atomic mass is 10.3. The summed E-state index contributed by atoms with van der Waals surface area (Å²) in [4.78, 5) is 11.9. The molecular weight excluding hydrogens is 410 g/mol. The van der Waals surface area contributed by atoms with Crippen molar-refractivity contribution in [2.45, 2.75) is 4.90 Å². The maximum Gasteiger partial charge on any atom is 0.339 e. The third kappa shape index (κ3) is 4.28. The molecule has 6 nitrogen and oxygen atoms in total. The Labute approximate surface area is 152 Å². The van der Waals surface area contributed by atoms with E-state index in [0.717, 1.165) is 4.47 Å². The Morgan fingerprint density at radius 1 is 1.00 bits per heavy atom. The van der Waals surface area contributed by atoms with Crippen LogP contribution in [-0.4, -0.2) is 14.3 Å². The van der Waals surface area contributed by atoms with Gasteiger partial charge < -0.3 is 13.9 Å². The van der Waals surface area contributed by atoms with E-state index in [1.54, 1.807) is 18.2 Å². The Bertz CT molecular complexity index is 965. The fourth-order valence-electron chi connectivity index (χ4n) is 1.97. The highest BCUT2D eigenvalue weighted by molar-refractivity contribution is 9.10. The number of hydrogen-bond acceptors (Lipinski definition) is 5. The normalized spacial score (nSPS) is 11.1. The maximum atomic E-state index is 12.2. The van der Waals surface area contributed by atoms with Crippen molar-refractivity contribution in [2.24, 2.45) is 0 Å². The van der Waals surface area contributed by atoms with E-state index < -0.39 is 16.0 Å². The molecule has 3 rings (SSSR count). The number of furan rings is 1. The van der Waals surface area contributed by atoms with Crippen molar-refractivity contribution < 1.29 is 21.8 Å². The number of amides is 1. The van der Waals surface area contributed by atoms with Crippen LogP contribution in [0.2, 0.25) is 0 Å². The molecule has 0 bridgehead atoms. The lowest BCUT2D eigenvalue weighted by Gasteiger charge is -2.08. The highest BCUT2D eigenvalue weighted by Gasteiger charge is 2.16. The van der Waals surface area contributed by atoms with Crippen LogP contribution < -0.4 is 9.50 Å². The van der Waals surface area contributed by atoms with E-state index >= 15 is 0 Å². The summed E-state index contributed by atoms with van der Waals surface area (Å²) in [5, 5.41) is 2.63. The number of anilines is 1. The van der Waals surface area contributed by atoms with E-state index in [1.165, 1.54) is 48.7 Å². The van der Waals surface area contributed by atoms with Crippen LogP contribution in [-0.2, 0) is 10.1 Å². The molecule has 0 fully saturated rings. The molecule has 1 heterocycles. The number of carbonyl (C=O) groups is 1. The summed E-state index contributed by atoms with van der Waals surface area (Å²) in [6.07, 6.45) is 1.40. The minimum absolute atomic E-state index is 0.0471. The van der Waals surface area contributed by atoms with E-state index in [-0.39, 0.29) is 16.4 Å². The van der Waals surface area contributed by atoms with Gasteiger partial charge in [-0.1, -0.05) is 15.9 Å². The molecule has 25 heavy (non-hydrogen) atoms. The molecule has 1 N–H and O–H groups in total. The van der Waals surface area contributed by atoms with Crippen LogP contribution in [0, 0.1) is 0 Å². The molecular formula is C17H12BrNO5S. The second-order valence-electron chi connectivity index (χ2n) is 4.95. The number of benzene rings is 2. The summed E-state index contributed by atoms with van der Waals surface area (Å²) in [5.74, 6) is -0.0850. The first-order valence-electron chi connectivity index (χ1n) is 7.09. The predicted octanol–water partition coefficient (Wildman–Crippen LogP) is 4.06. The number of carbonyl (C=O) groups excluding carboxylic acids is 1. The molecule has 0 atom stereocenters. The highest BCUT2D eigenvalue weighted by atomic mass is 79.9. The van der Waals surface area contributed by atoms with Crippen LogP contribution in [0.15, 0.2) is 80.7 Å². The maximum absolute atomic E-state index is 12.2. The minimum atomic E-state index is -3.92. The molecule has 0 spiro atoms. The Morgan fingerprint density at radius 2 is 1.68 bits per heavy atom. The third-order valence-corrected chi connectivity index (χ3v) is 4.96. The summed E-state index contributed by atoms with van der Waals surface area (Å²) < 4.78 is 35.3. The zero-order chi connectivity index (χ0) is 17.9. The predicted molar refractivity (Wildman–Crippen MR) is 95.1 cm³/mol. The second-order valence-corrected chi connectivity index (χ2v) is 7.41. The summed E-state index contributed by atoms with van der Waals surface area (Å²) in [6.45, 7) is 0. The van der Waals surface area contributed by atoms with E-state index in [0.29, 0.717) is 5.69 Å². The zero-order valence-corrected chi connectivity index (χ0v) is 15.1. The van der Waals surface area contributed by atoms with Crippen LogP contribution in [0.5, 0.6) is 5.75 Å². The van der Waals surface area contributed by atoms with E-state index in [9.17, 15) is 13.2 Å². The first-order valence-corrected chi connectivity index (χ1v) is 9.29. The van der Waals surface area contributed by atoms with Crippen molar-refractivity contribution in [1.29, 1.82) is 0 Å². The van der Waals surface area contributed by atoms with Crippen molar-refractivity contribution in [3.63, 3.8) is 0 Å². The van der Waals surface area contributed by atoms with Crippen LogP contribution in [0.4, 0.5) is 5.69 Å². The van der Waals surface area contributed by atoms with Crippen molar-refractivity contribution in [1.82, 2.24) is 0 Å². The summed E-state index contributed by atoms with van der Waals surface area (Å²) in [7, 11) is -3.92. The van der Waals surface area contributed by atoms with Gasteiger partial charge in [0.1, 0.15) is 10.6 Å².